The van der Waals surface area contributed by atoms with Gasteiger partial charge in [0.15, 0.2) is 0 Å². The van der Waals surface area contributed by atoms with Gasteiger partial charge < -0.3 is 24.1 Å². The number of carboxylic acid groups (broad SMARTS) is 1. The van der Waals surface area contributed by atoms with Crippen LogP contribution < -0.4 is 14.2 Å². The summed E-state index contributed by atoms with van der Waals surface area (Å²) in [5.41, 5.74) is 2.59. The average Bonchev–Trinajstić information content (AvgIpc) is 2.92. The van der Waals surface area contributed by atoms with Gasteiger partial charge in [0.1, 0.15) is 29.5 Å². The van der Waals surface area contributed by atoms with Crippen LogP contribution in [0.3, 0.4) is 0 Å². The number of carboxylic acids is 1. The van der Waals surface area contributed by atoms with Crippen molar-refractivity contribution in [2.45, 2.75) is 64.4 Å². The van der Waals surface area contributed by atoms with E-state index in [1.165, 1.54) is 0 Å². The third-order valence-corrected chi connectivity index (χ3v) is 7.71. The molecular weight excluding hydrogens is 480 g/mol. The lowest BCUT2D eigenvalue weighted by Crippen LogP contribution is -2.52. The number of ether oxygens (including phenoxy) is 4. The van der Waals surface area contributed by atoms with Crippen molar-refractivity contribution in [1.82, 2.24) is 0 Å². The highest BCUT2D eigenvalue weighted by Crippen LogP contribution is 2.53. The van der Waals surface area contributed by atoms with Gasteiger partial charge in [-0.05, 0) is 81.5 Å². The normalized spacial score (nSPS) is 23.4. The van der Waals surface area contributed by atoms with Crippen molar-refractivity contribution in [3.8, 4) is 17.2 Å². The van der Waals surface area contributed by atoms with Gasteiger partial charge in [0.25, 0.3) is 0 Å². The van der Waals surface area contributed by atoms with Crippen LogP contribution in [0.2, 0.25) is 0 Å². The fourth-order valence-corrected chi connectivity index (χ4v) is 5.65. The summed E-state index contributed by atoms with van der Waals surface area (Å²) in [6.45, 7) is 7.10. The maximum absolute atomic E-state index is 12.3. The Hall–Kier alpha value is -3.51. The topological polar surface area (TPSA) is 74.2 Å². The van der Waals surface area contributed by atoms with E-state index in [0.717, 1.165) is 40.4 Å². The molecule has 200 valence electrons. The van der Waals surface area contributed by atoms with Gasteiger partial charge in [0.05, 0.1) is 24.7 Å². The zero-order valence-electron chi connectivity index (χ0n) is 22.3. The first kappa shape index (κ1) is 26.1. The summed E-state index contributed by atoms with van der Waals surface area (Å²) in [6, 6.07) is 23.9. The highest BCUT2D eigenvalue weighted by atomic mass is 16.5. The molecular formula is C32H36O6. The molecule has 5 rings (SSSR count). The molecule has 38 heavy (non-hydrogen) atoms. The highest BCUT2D eigenvalue weighted by molar-refractivity contribution is 5.71. The number of rotatable bonds is 9. The number of aryl methyl sites for hydroxylation is 1. The number of hydrogen-bond acceptors (Lipinski definition) is 5. The minimum atomic E-state index is -0.818. The maximum Gasteiger partial charge on any atom is 0.309 e. The molecule has 0 aliphatic carbocycles. The Labute approximate surface area is 224 Å². The van der Waals surface area contributed by atoms with Gasteiger partial charge in [0, 0.05) is 11.5 Å². The van der Waals surface area contributed by atoms with Gasteiger partial charge in [-0.25, -0.2) is 0 Å². The highest BCUT2D eigenvalue weighted by Gasteiger charge is 2.52. The molecule has 1 fully saturated rings. The molecule has 6 heteroatoms. The van der Waals surface area contributed by atoms with E-state index >= 15 is 0 Å². The van der Waals surface area contributed by atoms with Gasteiger partial charge in [-0.2, -0.15) is 0 Å². The van der Waals surface area contributed by atoms with Crippen LogP contribution in [-0.2, 0) is 22.6 Å². The molecule has 3 aromatic carbocycles. The SMILES string of the molecule is CCOc1ccc(CC[C@@H]2O[C@@H]3c4cc(OCc5ccccc5)ccc4OC(C)(C)[C@H]3C[C@@H]2C(=O)O)cc1. The Morgan fingerprint density at radius 3 is 2.42 bits per heavy atom. The molecule has 6 nitrogen and oxygen atoms in total. The maximum atomic E-state index is 12.3. The van der Waals surface area contributed by atoms with Crippen molar-refractivity contribution in [3.05, 3.63) is 89.5 Å². The zero-order chi connectivity index (χ0) is 26.7. The van der Waals surface area contributed by atoms with Crippen LogP contribution in [0.4, 0.5) is 0 Å². The van der Waals surface area contributed by atoms with E-state index in [1.54, 1.807) is 0 Å². The fourth-order valence-electron chi connectivity index (χ4n) is 5.65. The summed E-state index contributed by atoms with van der Waals surface area (Å²) >= 11 is 0. The molecule has 0 bridgehead atoms. The Bertz CT molecular complexity index is 1240. The van der Waals surface area contributed by atoms with Gasteiger partial charge in [-0.3, -0.25) is 4.79 Å². The van der Waals surface area contributed by atoms with Crippen LogP contribution >= 0.6 is 0 Å². The van der Waals surface area contributed by atoms with Crippen LogP contribution in [-0.4, -0.2) is 29.4 Å². The number of carbonyl (C=O) groups is 1. The molecule has 2 aliphatic heterocycles. The monoisotopic (exact) mass is 516 g/mol. The van der Waals surface area contributed by atoms with Crippen LogP contribution in [0.25, 0.3) is 0 Å². The predicted molar refractivity (Wildman–Crippen MR) is 145 cm³/mol. The second-order valence-electron chi connectivity index (χ2n) is 10.7. The Kier molecular flexibility index (Phi) is 7.61. The minimum absolute atomic E-state index is 0.0952. The summed E-state index contributed by atoms with van der Waals surface area (Å²) in [5.74, 6) is 0.833. The van der Waals surface area contributed by atoms with Gasteiger partial charge in [-0.15, -0.1) is 0 Å². The largest absolute Gasteiger partial charge is 0.494 e. The molecule has 1 saturated heterocycles. The van der Waals surface area contributed by atoms with Crippen molar-refractivity contribution in [2.75, 3.05) is 6.61 Å². The first-order valence-corrected chi connectivity index (χ1v) is 13.4. The molecule has 2 heterocycles. The van der Waals surface area contributed by atoms with Crippen LogP contribution in [0, 0.1) is 11.8 Å². The lowest BCUT2D eigenvalue weighted by atomic mass is 9.71. The smallest absolute Gasteiger partial charge is 0.309 e. The number of fused-ring (bicyclic) bond motifs is 3. The van der Waals surface area contributed by atoms with E-state index in [0.29, 0.717) is 26.1 Å². The average molecular weight is 517 g/mol. The second kappa shape index (κ2) is 11.1. The first-order chi connectivity index (χ1) is 18.3. The molecule has 0 saturated carbocycles. The Morgan fingerprint density at radius 2 is 1.71 bits per heavy atom. The quantitative estimate of drug-likeness (QED) is 0.345. The zero-order valence-corrected chi connectivity index (χ0v) is 22.3. The summed E-state index contributed by atoms with van der Waals surface area (Å²) < 4.78 is 24.7. The predicted octanol–water partition coefficient (Wildman–Crippen LogP) is 6.62. The van der Waals surface area contributed by atoms with Crippen molar-refractivity contribution in [1.29, 1.82) is 0 Å². The Balaban J connectivity index is 1.36. The molecule has 0 amide bonds. The summed E-state index contributed by atoms with van der Waals surface area (Å²) in [6.07, 6.45) is 1.17. The molecule has 0 radical (unpaired) electrons. The van der Waals surface area contributed by atoms with E-state index in [1.807, 2.05) is 93.6 Å². The number of aliphatic carboxylic acids is 1. The molecule has 2 aliphatic rings. The van der Waals surface area contributed by atoms with Crippen molar-refractivity contribution < 1.29 is 28.8 Å². The summed E-state index contributed by atoms with van der Waals surface area (Å²) in [4.78, 5) is 12.3. The molecule has 1 N–H and O–H groups in total. The fraction of sp³-hybridized carbons (Fsp3) is 0.406. The third kappa shape index (κ3) is 5.65. The molecule has 4 atom stereocenters. The lowest BCUT2D eigenvalue weighted by Gasteiger charge is -2.50. The summed E-state index contributed by atoms with van der Waals surface area (Å²) in [7, 11) is 0. The lowest BCUT2D eigenvalue weighted by molar-refractivity contribution is -0.188. The van der Waals surface area contributed by atoms with Crippen molar-refractivity contribution >= 4 is 5.97 Å². The van der Waals surface area contributed by atoms with E-state index in [9.17, 15) is 9.90 Å². The minimum Gasteiger partial charge on any atom is -0.494 e. The van der Waals surface area contributed by atoms with Crippen molar-refractivity contribution in [2.24, 2.45) is 11.8 Å². The standard InChI is InChI=1S/C32H36O6/c1-4-35-23-13-10-21(11-14-23)12-16-28-26(31(33)34)19-27-30(37-28)25-18-24(15-17-29(25)38-32(27,2)3)36-20-22-8-6-5-7-9-22/h5-11,13-15,17-18,26-28,30H,4,12,16,19-20H2,1-3H3,(H,33,34)/t26-,27-,28-,30+/m0/s1. The molecule has 0 spiro atoms. The van der Waals surface area contributed by atoms with Gasteiger partial charge in [-0.1, -0.05) is 42.5 Å². The van der Waals surface area contributed by atoms with E-state index in [-0.39, 0.29) is 12.0 Å². The van der Waals surface area contributed by atoms with E-state index < -0.39 is 23.6 Å². The van der Waals surface area contributed by atoms with Gasteiger partial charge in [0.2, 0.25) is 0 Å². The van der Waals surface area contributed by atoms with E-state index in [4.69, 9.17) is 18.9 Å². The van der Waals surface area contributed by atoms with Gasteiger partial charge >= 0.3 is 5.97 Å². The number of benzene rings is 3. The first-order valence-electron chi connectivity index (χ1n) is 13.4. The van der Waals surface area contributed by atoms with Crippen molar-refractivity contribution in [3.63, 3.8) is 0 Å². The van der Waals surface area contributed by atoms with Crippen LogP contribution in [0.15, 0.2) is 72.8 Å². The molecule has 3 aromatic rings. The van der Waals surface area contributed by atoms with Crippen LogP contribution in [0.5, 0.6) is 17.2 Å². The van der Waals surface area contributed by atoms with Crippen LogP contribution in [0.1, 0.15) is 56.4 Å². The number of hydrogen-bond donors (Lipinski definition) is 1. The van der Waals surface area contributed by atoms with E-state index in [2.05, 4.69) is 0 Å². The summed E-state index contributed by atoms with van der Waals surface area (Å²) in [5, 5.41) is 10.1. The molecule has 0 unspecified atom stereocenters. The Morgan fingerprint density at radius 1 is 0.974 bits per heavy atom. The third-order valence-electron chi connectivity index (χ3n) is 7.71. The second-order valence-corrected chi connectivity index (χ2v) is 10.7. The molecule has 0 aromatic heterocycles.